The molecule has 3 heterocycles. The van der Waals surface area contributed by atoms with Crippen LogP contribution in [0.5, 0.6) is 0 Å². The van der Waals surface area contributed by atoms with Gasteiger partial charge in [0.15, 0.2) is 0 Å². The Morgan fingerprint density at radius 1 is 0.879 bits per heavy atom. The van der Waals surface area contributed by atoms with Crippen molar-refractivity contribution >= 4 is 16.9 Å². The van der Waals surface area contributed by atoms with Crippen LogP contribution in [-0.4, -0.2) is 51.0 Å². The van der Waals surface area contributed by atoms with E-state index in [9.17, 15) is 9.59 Å². The number of carbonyl (C=O) groups excluding carboxylic acids is 1. The molecule has 0 radical (unpaired) electrons. The van der Waals surface area contributed by atoms with E-state index in [1.54, 1.807) is 4.57 Å². The molecule has 1 aromatic heterocycles. The Hall–Kier alpha value is -2.86. The number of aryl methyl sites for hydroxylation is 3. The number of nitrogens with zero attached hydrogens (tertiary/aromatic N) is 4. The van der Waals surface area contributed by atoms with Gasteiger partial charge < -0.3 is 9.80 Å². The summed E-state index contributed by atoms with van der Waals surface area (Å²) in [6.45, 7) is 8.78. The maximum Gasteiger partial charge on any atom is 0.329 e. The molecule has 1 amide bonds. The molecular weight excluding hydrogens is 412 g/mol. The standard InChI is InChI=1S/C27H34N4O2/c1-19-6-8-21-18-30(26(32)23(21)16-19)13-5-4-12-29-14-10-22(11-15-29)31-24-9-7-20(2)17-25(24)28(3)27(31)33/h6-9,16-17,22H,4-5,10-15,18H2,1-3H3. The third-order valence-electron chi connectivity index (χ3n) is 7.46. The minimum atomic E-state index is 0.0977. The first-order valence-electron chi connectivity index (χ1n) is 12.2. The van der Waals surface area contributed by atoms with Crippen molar-refractivity contribution in [3.8, 4) is 0 Å². The summed E-state index contributed by atoms with van der Waals surface area (Å²) in [5, 5.41) is 0. The molecule has 33 heavy (non-hydrogen) atoms. The minimum Gasteiger partial charge on any atom is -0.334 e. The highest BCUT2D eigenvalue weighted by atomic mass is 16.2. The quantitative estimate of drug-likeness (QED) is 0.537. The first kappa shape index (κ1) is 22.0. The number of rotatable bonds is 6. The Morgan fingerprint density at radius 2 is 1.58 bits per heavy atom. The molecule has 0 atom stereocenters. The van der Waals surface area contributed by atoms with Gasteiger partial charge in [-0.2, -0.15) is 0 Å². The highest BCUT2D eigenvalue weighted by molar-refractivity contribution is 5.98. The molecule has 1 fully saturated rings. The van der Waals surface area contributed by atoms with Crippen LogP contribution in [0.15, 0.2) is 41.2 Å². The van der Waals surface area contributed by atoms with Crippen molar-refractivity contribution in [1.29, 1.82) is 0 Å². The van der Waals surface area contributed by atoms with E-state index in [0.717, 1.165) is 86.1 Å². The molecule has 0 spiro atoms. The van der Waals surface area contributed by atoms with Gasteiger partial charge in [0.1, 0.15) is 0 Å². The number of likely N-dealkylation sites (tertiary alicyclic amines) is 1. The molecule has 0 unspecified atom stereocenters. The van der Waals surface area contributed by atoms with Crippen molar-refractivity contribution in [2.24, 2.45) is 7.05 Å². The number of unbranched alkanes of at least 4 members (excludes halogenated alkanes) is 1. The third kappa shape index (κ3) is 4.12. The van der Waals surface area contributed by atoms with Crippen molar-refractivity contribution in [3.63, 3.8) is 0 Å². The molecule has 0 N–H and O–H groups in total. The van der Waals surface area contributed by atoms with Crippen LogP contribution in [0, 0.1) is 13.8 Å². The van der Waals surface area contributed by atoms with E-state index >= 15 is 0 Å². The minimum absolute atomic E-state index is 0.0977. The summed E-state index contributed by atoms with van der Waals surface area (Å²) in [5.74, 6) is 0.185. The Bertz CT molecular complexity index is 1250. The SMILES string of the molecule is Cc1ccc2c(c1)C(=O)N(CCCCN1CCC(n3c(=O)n(C)c4cc(C)ccc43)CC1)C2. The molecule has 0 bridgehead atoms. The van der Waals surface area contributed by atoms with E-state index in [1.165, 1.54) is 5.56 Å². The average Bonchev–Trinajstić information content (AvgIpc) is 3.25. The van der Waals surface area contributed by atoms with Gasteiger partial charge in [-0.15, -0.1) is 0 Å². The van der Waals surface area contributed by atoms with E-state index in [4.69, 9.17) is 0 Å². The van der Waals surface area contributed by atoms with Gasteiger partial charge in [-0.05, 0) is 75.4 Å². The summed E-state index contributed by atoms with van der Waals surface area (Å²) in [7, 11) is 1.88. The van der Waals surface area contributed by atoms with Gasteiger partial charge in [0.05, 0.1) is 11.0 Å². The molecule has 6 nitrogen and oxygen atoms in total. The zero-order valence-electron chi connectivity index (χ0n) is 20.0. The van der Waals surface area contributed by atoms with Crippen molar-refractivity contribution in [2.75, 3.05) is 26.2 Å². The van der Waals surface area contributed by atoms with Gasteiger partial charge in [0.2, 0.25) is 0 Å². The summed E-state index contributed by atoms with van der Waals surface area (Å²) in [6, 6.07) is 12.8. The maximum absolute atomic E-state index is 12.9. The van der Waals surface area contributed by atoms with Crippen LogP contribution in [0.25, 0.3) is 11.0 Å². The number of aromatic nitrogens is 2. The lowest BCUT2D eigenvalue weighted by Gasteiger charge is -2.32. The van der Waals surface area contributed by atoms with Gasteiger partial charge in [-0.3, -0.25) is 13.9 Å². The number of fused-ring (bicyclic) bond motifs is 2. The van der Waals surface area contributed by atoms with Crippen molar-refractivity contribution in [2.45, 2.75) is 52.1 Å². The summed E-state index contributed by atoms with van der Waals surface area (Å²) in [4.78, 5) is 30.1. The molecule has 2 aliphatic rings. The average molecular weight is 447 g/mol. The Morgan fingerprint density at radius 3 is 2.36 bits per heavy atom. The lowest BCUT2D eigenvalue weighted by atomic mass is 10.0. The van der Waals surface area contributed by atoms with E-state index < -0.39 is 0 Å². The fraction of sp³-hybridized carbons (Fsp3) is 0.481. The Labute approximate surface area is 195 Å². The summed E-state index contributed by atoms with van der Waals surface area (Å²) in [5.41, 5.74) is 6.55. The van der Waals surface area contributed by atoms with E-state index in [1.807, 2.05) is 29.5 Å². The number of imidazole rings is 1. The second kappa shape index (κ2) is 8.82. The van der Waals surface area contributed by atoms with Crippen molar-refractivity contribution in [1.82, 2.24) is 18.9 Å². The van der Waals surface area contributed by atoms with Crippen LogP contribution < -0.4 is 5.69 Å². The smallest absolute Gasteiger partial charge is 0.329 e. The second-order valence-corrected chi connectivity index (χ2v) is 9.87. The second-order valence-electron chi connectivity index (χ2n) is 9.87. The van der Waals surface area contributed by atoms with Gasteiger partial charge in [0.25, 0.3) is 5.91 Å². The number of piperidine rings is 1. The molecule has 0 saturated carbocycles. The van der Waals surface area contributed by atoms with Crippen LogP contribution in [0.3, 0.4) is 0 Å². The van der Waals surface area contributed by atoms with Crippen LogP contribution in [0.4, 0.5) is 0 Å². The molecule has 5 rings (SSSR count). The Kier molecular flexibility index (Phi) is 5.87. The van der Waals surface area contributed by atoms with E-state index in [0.29, 0.717) is 0 Å². The normalized spacial score (nSPS) is 17.3. The highest BCUT2D eigenvalue weighted by Crippen LogP contribution is 2.27. The molecule has 1 saturated heterocycles. The zero-order chi connectivity index (χ0) is 23.1. The fourth-order valence-electron chi connectivity index (χ4n) is 5.52. The summed E-state index contributed by atoms with van der Waals surface area (Å²) in [6.07, 6.45) is 4.14. The van der Waals surface area contributed by atoms with Crippen molar-refractivity contribution < 1.29 is 4.79 Å². The van der Waals surface area contributed by atoms with Gasteiger partial charge >= 0.3 is 5.69 Å². The molecule has 6 heteroatoms. The maximum atomic E-state index is 12.9. The first-order chi connectivity index (χ1) is 15.9. The lowest BCUT2D eigenvalue weighted by molar-refractivity contribution is 0.0773. The topological polar surface area (TPSA) is 50.5 Å². The molecule has 3 aromatic rings. The number of amides is 1. The molecule has 174 valence electrons. The van der Waals surface area contributed by atoms with E-state index in [2.05, 4.69) is 42.2 Å². The fourth-order valence-corrected chi connectivity index (χ4v) is 5.52. The van der Waals surface area contributed by atoms with Gasteiger partial charge in [0, 0.05) is 44.8 Å². The highest BCUT2D eigenvalue weighted by Gasteiger charge is 2.27. The summed E-state index contributed by atoms with van der Waals surface area (Å²) >= 11 is 0. The lowest BCUT2D eigenvalue weighted by Crippen LogP contribution is -2.38. The number of carbonyl (C=O) groups is 1. The van der Waals surface area contributed by atoms with Crippen LogP contribution in [-0.2, 0) is 13.6 Å². The van der Waals surface area contributed by atoms with Crippen molar-refractivity contribution in [3.05, 3.63) is 69.1 Å². The molecule has 2 aromatic carbocycles. The zero-order valence-corrected chi connectivity index (χ0v) is 20.0. The molecule has 2 aliphatic heterocycles. The van der Waals surface area contributed by atoms with Crippen LogP contribution in [0.2, 0.25) is 0 Å². The predicted octanol–water partition coefficient (Wildman–Crippen LogP) is 4.03. The van der Waals surface area contributed by atoms with Crippen LogP contribution >= 0.6 is 0 Å². The van der Waals surface area contributed by atoms with Gasteiger partial charge in [-0.25, -0.2) is 4.79 Å². The van der Waals surface area contributed by atoms with Gasteiger partial charge in [-0.1, -0.05) is 23.8 Å². The third-order valence-corrected chi connectivity index (χ3v) is 7.46. The number of hydrogen-bond donors (Lipinski definition) is 0. The van der Waals surface area contributed by atoms with E-state index in [-0.39, 0.29) is 17.6 Å². The number of benzene rings is 2. The molecular formula is C27H34N4O2. The number of hydrogen-bond acceptors (Lipinski definition) is 3. The monoisotopic (exact) mass is 446 g/mol. The summed E-state index contributed by atoms with van der Waals surface area (Å²) < 4.78 is 3.80. The molecule has 0 aliphatic carbocycles. The first-order valence-corrected chi connectivity index (χ1v) is 12.2. The largest absolute Gasteiger partial charge is 0.334 e. The Balaban J connectivity index is 1.11. The predicted molar refractivity (Wildman–Crippen MR) is 132 cm³/mol. The van der Waals surface area contributed by atoms with Crippen LogP contribution in [0.1, 0.15) is 58.8 Å².